The van der Waals surface area contributed by atoms with Crippen LogP contribution in [-0.4, -0.2) is 58.7 Å². The lowest BCUT2D eigenvalue weighted by atomic mass is 9.94. The monoisotopic (exact) mass is 383 g/mol. The highest BCUT2D eigenvalue weighted by Gasteiger charge is 2.33. The predicted molar refractivity (Wildman–Crippen MR) is 105 cm³/mol. The molecular weight excluding hydrogens is 358 g/mol. The van der Waals surface area contributed by atoms with Crippen LogP contribution in [0.2, 0.25) is 0 Å². The maximum absolute atomic E-state index is 13.1. The van der Waals surface area contributed by atoms with Gasteiger partial charge in [0, 0.05) is 56.8 Å². The number of likely N-dealkylation sites (tertiary alicyclic amines) is 1. The molecule has 0 radical (unpaired) electrons. The number of aromatic amines is 2. The second-order valence-electron chi connectivity index (χ2n) is 7.88. The molecule has 0 spiro atoms. The van der Waals surface area contributed by atoms with Gasteiger partial charge in [-0.3, -0.25) is 19.4 Å². The second kappa shape index (κ2) is 6.92. The van der Waals surface area contributed by atoms with E-state index in [0.29, 0.717) is 42.4 Å². The number of Topliss-reactive ketones (excluding diaryl/α,β-unsaturated/α-hetero) is 1. The maximum Gasteiger partial charge on any atom is 0.270 e. The Morgan fingerprint density at radius 1 is 1.25 bits per heavy atom. The lowest BCUT2D eigenvalue weighted by Crippen LogP contribution is -2.29. The van der Waals surface area contributed by atoms with Crippen LogP contribution < -0.4 is 10.5 Å². The number of nitrogens with one attached hydrogen (secondary N) is 2. The molecule has 148 valence electrons. The van der Waals surface area contributed by atoms with Gasteiger partial charge in [-0.2, -0.15) is 0 Å². The van der Waals surface area contributed by atoms with Crippen LogP contribution >= 0.6 is 0 Å². The largest absolute Gasteiger partial charge is 0.354 e. The third kappa shape index (κ3) is 3.12. The smallest absolute Gasteiger partial charge is 0.270 e. The van der Waals surface area contributed by atoms with Crippen molar-refractivity contribution in [2.45, 2.75) is 38.5 Å². The fourth-order valence-corrected chi connectivity index (χ4v) is 4.22. The number of aryl methyl sites for hydroxylation is 1. The molecule has 1 unspecified atom stereocenters. The standard InChI is InChI=1S/C20H25N5O3/c1-11-17-13(5-4-6-15(17)26)21-18(11)19(28)25-8-7-12(10-25)14-9-16(27)23-20(22-14)24(2)3/h9,12,21H,4-8,10H2,1-3H3,(H,22,23,27). The number of carbonyl (C=O) groups excluding carboxylic acids is 2. The molecule has 4 rings (SSSR count). The van der Waals surface area contributed by atoms with Crippen molar-refractivity contribution in [3.05, 3.63) is 44.6 Å². The number of hydrogen-bond donors (Lipinski definition) is 2. The zero-order chi connectivity index (χ0) is 20.0. The van der Waals surface area contributed by atoms with E-state index in [-0.39, 0.29) is 23.2 Å². The zero-order valence-corrected chi connectivity index (χ0v) is 16.5. The van der Waals surface area contributed by atoms with Crippen LogP contribution in [0.15, 0.2) is 10.9 Å². The zero-order valence-electron chi connectivity index (χ0n) is 16.5. The third-order valence-corrected chi connectivity index (χ3v) is 5.72. The van der Waals surface area contributed by atoms with Crippen LogP contribution in [0.1, 0.15) is 63.0 Å². The first-order valence-corrected chi connectivity index (χ1v) is 9.67. The Kier molecular flexibility index (Phi) is 4.56. The van der Waals surface area contributed by atoms with Crippen molar-refractivity contribution >= 4 is 17.6 Å². The lowest BCUT2D eigenvalue weighted by molar-refractivity contribution is 0.0784. The molecular formula is C20H25N5O3. The Balaban J connectivity index is 1.56. The van der Waals surface area contributed by atoms with E-state index in [0.717, 1.165) is 30.5 Å². The number of ketones is 1. The summed E-state index contributed by atoms with van der Waals surface area (Å²) in [4.78, 5) is 51.3. The molecule has 1 fully saturated rings. The molecule has 2 aromatic rings. The van der Waals surface area contributed by atoms with Crippen molar-refractivity contribution < 1.29 is 9.59 Å². The Morgan fingerprint density at radius 3 is 2.75 bits per heavy atom. The van der Waals surface area contributed by atoms with E-state index >= 15 is 0 Å². The van der Waals surface area contributed by atoms with Crippen LogP contribution in [0.25, 0.3) is 0 Å². The molecule has 2 aliphatic rings. The molecule has 2 N–H and O–H groups in total. The van der Waals surface area contributed by atoms with Gasteiger partial charge in [-0.05, 0) is 31.7 Å². The molecule has 28 heavy (non-hydrogen) atoms. The number of amides is 1. The molecule has 1 atom stereocenters. The van der Waals surface area contributed by atoms with Crippen LogP contribution in [0.3, 0.4) is 0 Å². The van der Waals surface area contributed by atoms with Crippen molar-refractivity contribution in [2.24, 2.45) is 0 Å². The first kappa shape index (κ1) is 18.5. The average molecular weight is 383 g/mol. The van der Waals surface area contributed by atoms with Crippen LogP contribution in [0.5, 0.6) is 0 Å². The highest BCUT2D eigenvalue weighted by Crippen LogP contribution is 2.30. The van der Waals surface area contributed by atoms with Crippen molar-refractivity contribution in [3.8, 4) is 0 Å². The number of H-pyrrole nitrogens is 2. The number of anilines is 1. The minimum atomic E-state index is -0.190. The van der Waals surface area contributed by atoms with E-state index in [1.807, 2.05) is 21.0 Å². The Labute approximate surface area is 163 Å². The summed E-state index contributed by atoms with van der Waals surface area (Å²) in [6.45, 7) is 2.96. The summed E-state index contributed by atoms with van der Waals surface area (Å²) in [5.74, 6) is 0.576. The van der Waals surface area contributed by atoms with Gasteiger partial charge in [-0.25, -0.2) is 4.98 Å². The Bertz CT molecular complexity index is 1000. The lowest BCUT2D eigenvalue weighted by Gasteiger charge is -2.17. The average Bonchev–Trinajstić information content (AvgIpc) is 3.27. The summed E-state index contributed by atoms with van der Waals surface area (Å²) >= 11 is 0. The Morgan fingerprint density at radius 2 is 2.04 bits per heavy atom. The highest BCUT2D eigenvalue weighted by atomic mass is 16.2. The van der Waals surface area contributed by atoms with Gasteiger partial charge in [0.2, 0.25) is 5.95 Å². The van der Waals surface area contributed by atoms with Gasteiger partial charge in [0.05, 0.1) is 5.69 Å². The van der Waals surface area contributed by atoms with E-state index in [1.165, 1.54) is 6.07 Å². The number of hydrogen-bond acceptors (Lipinski definition) is 5. The number of aromatic nitrogens is 3. The fraction of sp³-hybridized carbons (Fsp3) is 0.500. The molecule has 8 heteroatoms. The highest BCUT2D eigenvalue weighted by molar-refractivity contribution is 6.04. The summed E-state index contributed by atoms with van der Waals surface area (Å²) < 4.78 is 0. The summed E-state index contributed by atoms with van der Waals surface area (Å²) in [5, 5.41) is 0. The van der Waals surface area contributed by atoms with Crippen molar-refractivity contribution in [1.29, 1.82) is 0 Å². The first-order valence-electron chi connectivity index (χ1n) is 9.67. The van der Waals surface area contributed by atoms with Crippen LogP contribution in [-0.2, 0) is 6.42 Å². The van der Waals surface area contributed by atoms with Gasteiger partial charge in [0.25, 0.3) is 11.5 Å². The molecule has 8 nitrogen and oxygen atoms in total. The van der Waals surface area contributed by atoms with Gasteiger partial charge in [-0.1, -0.05) is 0 Å². The summed E-state index contributed by atoms with van der Waals surface area (Å²) in [7, 11) is 3.65. The second-order valence-corrected chi connectivity index (χ2v) is 7.88. The number of rotatable bonds is 3. The van der Waals surface area contributed by atoms with Crippen LogP contribution in [0.4, 0.5) is 5.95 Å². The molecule has 0 saturated carbocycles. The Hall–Kier alpha value is -2.90. The maximum atomic E-state index is 13.1. The molecule has 1 amide bonds. The number of nitrogens with zero attached hydrogens (tertiary/aromatic N) is 3. The minimum absolute atomic E-state index is 0.0245. The minimum Gasteiger partial charge on any atom is -0.354 e. The van der Waals surface area contributed by atoms with Gasteiger partial charge in [0.1, 0.15) is 5.69 Å². The first-order chi connectivity index (χ1) is 13.3. The quantitative estimate of drug-likeness (QED) is 0.839. The fourth-order valence-electron chi connectivity index (χ4n) is 4.22. The van der Waals surface area contributed by atoms with E-state index in [2.05, 4.69) is 15.0 Å². The predicted octanol–water partition coefficient (Wildman–Crippen LogP) is 1.62. The molecule has 1 aliphatic carbocycles. The van der Waals surface area contributed by atoms with Gasteiger partial charge in [-0.15, -0.1) is 0 Å². The SMILES string of the molecule is Cc1c(C(=O)N2CCC(c3cc(=O)[nH]c(N(C)C)n3)C2)[nH]c2c1C(=O)CCC2. The summed E-state index contributed by atoms with van der Waals surface area (Å²) in [6, 6.07) is 1.52. The van der Waals surface area contributed by atoms with Crippen molar-refractivity contribution in [1.82, 2.24) is 19.9 Å². The number of fused-ring (bicyclic) bond motifs is 1. The van der Waals surface area contributed by atoms with Crippen LogP contribution in [0, 0.1) is 6.92 Å². The molecule has 0 aromatic carbocycles. The van der Waals surface area contributed by atoms with Gasteiger partial charge >= 0.3 is 0 Å². The van der Waals surface area contributed by atoms with E-state index in [9.17, 15) is 14.4 Å². The van der Waals surface area contributed by atoms with Gasteiger partial charge < -0.3 is 14.8 Å². The van der Waals surface area contributed by atoms with Gasteiger partial charge in [0.15, 0.2) is 5.78 Å². The van der Waals surface area contributed by atoms with E-state index in [4.69, 9.17) is 0 Å². The molecule has 1 saturated heterocycles. The third-order valence-electron chi connectivity index (χ3n) is 5.72. The molecule has 1 aliphatic heterocycles. The number of carbonyl (C=O) groups is 2. The normalized spacial score (nSPS) is 19.0. The topological polar surface area (TPSA) is 102 Å². The van der Waals surface area contributed by atoms with Crippen molar-refractivity contribution in [2.75, 3.05) is 32.1 Å². The summed E-state index contributed by atoms with van der Waals surface area (Å²) in [6.07, 6.45) is 2.94. The van der Waals surface area contributed by atoms with E-state index in [1.54, 1.807) is 9.80 Å². The van der Waals surface area contributed by atoms with Crippen molar-refractivity contribution in [3.63, 3.8) is 0 Å². The molecule has 3 heterocycles. The summed E-state index contributed by atoms with van der Waals surface area (Å²) in [5.41, 5.74) is 3.40. The van der Waals surface area contributed by atoms with E-state index < -0.39 is 0 Å². The molecule has 2 aromatic heterocycles. The molecule has 0 bridgehead atoms.